The molecule has 2 rings (SSSR count). The standard InChI is InChI=1S/C17H16F2O4Si/c1-22-24(3,23-2)17-13(9-12(18)10-14(17)19)16(21)15(20)11-7-5-4-6-8-11/h4-10H,1-3H3. The predicted octanol–water partition coefficient (Wildman–Crippen LogP) is 2.60. The van der Waals surface area contributed by atoms with Crippen molar-refractivity contribution in [1.29, 1.82) is 0 Å². The van der Waals surface area contributed by atoms with E-state index in [0.717, 1.165) is 6.07 Å². The van der Waals surface area contributed by atoms with Gasteiger partial charge in [0.25, 0.3) is 0 Å². The van der Waals surface area contributed by atoms with Gasteiger partial charge in [-0.2, -0.15) is 0 Å². The SMILES string of the molecule is CO[Si](C)(OC)c1c(F)cc(F)cc1C(=O)C(=O)c1ccccc1. The predicted molar refractivity (Wildman–Crippen MR) is 86.7 cm³/mol. The van der Waals surface area contributed by atoms with Gasteiger partial charge in [-0.1, -0.05) is 30.3 Å². The van der Waals surface area contributed by atoms with Crippen molar-refractivity contribution in [1.82, 2.24) is 0 Å². The molecule has 4 nitrogen and oxygen atoms in total. The molecule has 0 aliphatic heterocycles. The summed E-state index contributed by atoms with van der Waals surface area (Å²) >= 11 is 0. The van der Waals surface area contributed by atoms with Crippen molar-refractivity contribution in [2.24, 2.45) is 0 Å². The molecule has 0 radical (unpaired) electrons. The van der Waals surface area contributed by atoms with Crippen molar-refractivity contribution in [2.45, 2.75) is 6.55 Å². The van der Waals surface area contributed by atoms with E-state index >= 15 is 0 Å². The van der Waals surface area contributed by atoms with Crippen LogP contribution in [0.3, 0.4) is 0 Å². The molecule has 24 heavy (non-hydrogen) atoms. The summed E-state index contributed by atoms with van der Waals surface area (Å²) in [5.74, 6) is -3.80. The Bertz CT molecular complexity index is 774. The zero-order valence-electron chi connectivity index (χ0n) is 13.4. The normalized spacial score (nSPS) is 11.4. The van der Waals surface area contributed by atoms with Crippen LogP contribution in [0, 0.1) is 11.6 Å². The fourth-order valence-electron chi connectivity index (χ4n) is 2.34. The topological polar surface area (TPSA) is 52.6 Å². The summed E-state index contributed by atoms with van der Waals surface area (Å²) < 4.78 is 38.6. The number of hydrogen-bond donors (Lipinski definition) is 0. The molecule has 126 valence electrons. The second-order valence-corrected chi connectivity index (χ2v) is 8.40. The molecule has 0 aromatic heterocycles. The number of benzene rings is 2. The van der Waals surface area contributed by atoms with E-state index in [1.54, 1.807) is 18.2 Å². The molecule has 0 heterocycles. The summed E-state index contributed by atoms with van der Waals surface area (Å²) in [7, 11) is -0.687. The molecule has 2 aromatic carbocycles. The summed E-state index contributed by atoms with van der Waals surface area (Å²) in [5.41, 5.74) is -0.240. The Balaban J connectivity index is 2.61. The first-order valence-electron chi connectivity index (χ1n) is 7.08. The number of halogens is 2. The highest BCUT2D eigenvalue weighted by Gasteiger charge is 2.40. The van der Waals surface area contributed by atoms with Gasteiger partial charge in [0.2, 0.25) is 11.6 Å². The minimum atomic E-state index is -3.31. The third-order valence-electron chi connectivity index (χ3n) is 3.77. The second kappa shape index (κ2) is 7.12. The summed E-state index contributed by atoms with van der Waals surface area (Å²) in [6.45, 7) is 1.51. The molecule has 0 fully saturated rings. The summed E-state index contributed by atoms with van der Waals surface area (Å²) in [4.78, 5) is 24.9. The van der Waals surface area contributed by atoms with E-state index in [9.17, 15) is 18.4 Å². The van der Waals surface area contributed by atoms with Crippen LogP contribution < -0.4 is 5.19 Å². The molecule has 0 unspecified atom stereocenters. The number of hydrogen-bond acceptors (Lipinski definition) is 4. The van der Waals surface area contributed by atoms with Crippen LogP contribution in [0.25, 0.3) is 0 Å². The van der Waals surface area contributed by atoms with Gasteiger partial charge in [0, 0.05) is 36.6 Å². The summed E-state index contributed by atoms with van der Waals surface area (Å²) in [6, 6.07) is 9.27. The van der Waals surface area contributed by atoms with Gasteiger partial charge in [-0.05, 0) is 12.6 Å². The molecule has 0 aliphatic rings. The number of Topliss-reactive ketones (excluding diaryl/α,β-unsaturated/α-hetero) is 2. The minimum absolute atomic E-state index is 0.135. The molecule has 0 atom stereocenters. The number of carbonyl (C=O) groups is 2. The quantitative estimate of drug-likeness (QED) is 0.457. The van der Waals surface area contributed by atoms with Crippen molar-refractivity contribution in [3.05, 3.63) is 65.2 Å². The second-order valence-electron chi connectivity index (χ2n) is 5.19. The van der Waals surface area contributed by atoms with Gasteiger partial charge >= 0.3 is 8.56 Å². The van der Waals surface area contributed by atoms with Crippen molar-refractivity contribution in [3.8, 4) is 0 Å². The van der Waals surface area contributed by atoms with E-state index in [2.05, 4.69) is 0 Å². The molecule has 7 heteroatoms. The first-order valence-corrected chi connectivity index (χ1v) is 9.39. The lowest BCUT2D eigenvalue weighted by Crippen LogP contribution is -2.53. The monoisotopic (exact) mass is 350 g/mol. The van der Waals surface area contributed by atoms with Crippen molar-refractivity contribution in [3.63, 3.8) is 0 Å². The van der Waals surface area contributed by atoms with Crippen LogP contribution in [0.2, 0.25) is 6.55 Å². The molecular formula is C17H16F2O4Si. The van der Waals surface area contributed by atoms with Gasteiger partial charge in [-0.3, -0.25) is 9.59 Å². The molecular weight excluding hydrogens is 334 g/mol. The van der Waals surface area contributed by atoms with E-state index in [1.165, 1.54) is 32.9 Å². The first-order chi connectivity index (χ1) is 11.3. The Hall–Kier alpha value is -2.22. The van der Waals surface area contributed by atoms with Gasteiger partial charge in [0.1, 0.15) is 11.6 Å². The largest absolute Gasteiger partial charge is 0.394 e. The van der Waals surface area contributed by atoms with Crippen molar-refractivity contribution < 1.29 is 27.2 Å². The van der Waals surface area contributed by atoms with Crippen LogP contribution in [0.1, 0.15) is 20.7 Å². The van der Waals surface area contributed by atoms with Crippen LogP contribution in [-0.4, -0.2) is 34.3 Å². The fourth-order valence-corrected chi connectivity index (χ4v) is 4.10. The Morgan fingerprint density at radius 1 is 0.958 bits per heavy atom. The van der Waals surface area contributed by atoms with Gasteiger partial charge < -0.3 is 8.85 Å². The molecule has 0 bridgehead atoms. The highest BCUT2D eigenvalue weighted by molar-refractivity contribution is 6.81. The minimum Gasteiger partial charge on any atom is -0.394 e. The van der Waals surface area contributed by atoms with Gasteiger partial charge in [-0.15, -0.1) is 0 Å². The van der Waals surface area contributed by atoms with Gasteiger partial charge in [-0.25, -0.2) is 8.78 Å². The van der Waals surface area contributed by atoms with Crippen LogP contribution >= 0.6 is 0 Å². The van der Waals surface area contributed by atoms with Crippen LogP contribution in [0.4, 0.5) is 8.78 Å². The Labute approximate surface area is 139 Å². The van der Waals surface area contributed by atoms with Crippen LogP contribution in [0.5, 0.6) is 0 Å². The number of ketones is 2. The van der Waals surface area contributed by atoms with Gasteiger partial charge in [0.15, 0.2) is 0 Å². The lowest BCUT2D eigenvalue weighted by Gasteiger charge is -2.25. The van der Waals surface area contributed by atoms with Crippen LogP contribution in [-0.2, 0) is 8.85 Å². The van der Waals surface area contributed by atoms with Crippen LogP contribution in [0.15, 0.2) is 42.5 Å². The fraction of sp³-hybridized carbons (Fsp3) is 0.176. The van der Waals surface area contributed by atoms with E-state index in [4.69, 9.17) is 8.85 Å². The summed E-state index contributed by atoms with van der Waals surface area (Å²) in [5, 5.41) is -0.191. The molecule has 0 amide bonds. The molecule has 2 aromatic rings. The van der Waals surface area contributed by atoms with E-state index in [0.29, 0.717) is 6.07 Å². The molecule has 0 aliphatic carbocycles. The summed E-state index contributed by atoms with van der Waals surface area (Å²) in [6.07, 6.45) is 0. The van der Waals surface area contributed by atoms with E-state index in [-0.39, 0.29) is 16.3 Å². The smallest absolute Gasteiger partial charge is 0.372 e. The third kappa shape index (κ3) is 3.33. The third-order valence-corrected chi connectivity index (χ3v) is 6.75. The molecule has 0 saturated carbocycles. The van der Waals surface area contributed by atoms with Crippen molar-refractivity contribution in [2.75, 3.05) is 14.2 Å². The molecule has 0 spiro atoms. The highest BCUT2D eigenvalue weighted by Crippen LogP contribution is 2.17. The Morgan fingerprint density at radius 2 is 1.54 bits per heavy atom. The Morgan fingerprint density at radius 3 is 2.08 bits per heavy atom. The zero-order chi connectivity index (χ0) is 17.9. The van der Waals surface area contributed by atoms with E-state index < -0.39 is 31.8 Å². The lowest BCUT2D eigenvalue weighted by atomic mass is 10.0. The number of rotatable bonds is 6. The van der Waals surface area contributed by atoms with E-state index in [1.807, 2.05) is 0 Å². The lowest BCUT2D eigenvalue weighted by molar-refractivity contribution is 0.0817. The maximum absolute atomic E-state index is 14.4. The molecule has 0 saturated heterocycles. The van der Waals surface area contributed by atoms with Gasteiger partial charge in [0.05, 0.1) is 0 Å². The maximum atomic E-state index is 14.4. The first kappa shape index (κ1) is 18.1. The average Bonchev–Trinajstić information content (AvgIpc) is 2.60. The highest BCUT2D eigenvalue weighted by atomic mass is 28.4. The van der Waals surface area contributed by atoms with Crippen molar-refractivity contribution >= 4 is 25.3 Å². The molecule has 0 N–H and O–H groups in total. The average molecular weight is 350 g/mol. The maximum Gasteiger partial charge on any atom is 0.372 e. The zero-order valence-corrected chi connectivity index (χ0v) is 14.4. The Kier molecular flexibility index (Phi) is 5.38. The number of carbonyl (C=O) groups excluding carboxylic acids is 2.